The van der Waals surface area contributed by atoms with Crippen molar-refractivity contribution in [2.75, 3.05) is 18.5 Å². The van der Waals surface area contributed by atoms with E-state index in [2.05, 4.69) is 5.32 Å². The first-order valence-corrected chi connectivity index (χ1v) is 11.8. The number of hydrogen-bond acceptors (Lipinski definition) is 15. The van der Waals surface area contributed by atoms with Crippen LogP contribution >= 0.6 is 0 Å². The molecule has 36 heavy (non-hydrogen) atoms. The van der Waals surface area contributed by atoms with Crippen molar-refractivity contribution < 1.29 is 67.9 Å². The lowest BCUT2D eigenvalue weighted by Gasteiger charge is -2.46. The molecule has 0 bridgehead atoms. The fourth-order valence-electron chi connectivity index (χ4n) is 3.84. The highest BCUT2D eigenvalue weighted by molar-refractivity contribution is 7.86. The van der Waals surface area contributed by atoms with E-state index < -0.39 is 100 Å². The molecule has 1 aromatic rings. The number of ether oxygens (including phenoxy) is 3. The Bertz CT molecular complexity index is 1040. The third-order valence-corrected chi connectivity index (χ3v) is 6.65. The highest BCUT2D eigenvalue weighted by Gasteiger charge is 2.50. The molecule has 10 atom stereocenters. The minimum absolute atomic E-state index is 0.157. The molecule has 17 nitrogen and oxygen atoms in total. The van der Waals surface area contributed by atoms with Gasteiger partial charge < -0.3 is 55.3 Å². The molecule has 2 aliphatic heterocycles. The zero-order valence-corrected chi connectivity index (χ0v) is 19.0. The van der Waals surface area contributed by atoms with E-state index in [9.17, 15) is 54.3 Å². The van der Waals surface area contributed by atoms with E-state index in [1.807, 2.05) is 0 Å². The molecule has 2 heterocycles. The van der Waals surface area contributed by atoms with Crippen molar-refractivity contribution in [2.45, 2.75) is 66.2 Å². The maximum absolute atomic E-state index is 11.4. The van der Waals surface area contributed by atoms with Crippen LogP contribution < -0.4 is 5.32 Å². The van der Waals surface area contributed by atoms with Crippen LogP contribution in [0.4, 0.5) is 11.4 Å². The Balaban J connectivity index is 1.78. The monoisotopic (exact) mass is 542 g/mol. The van der Waals surface area contributed by atoms with E-state index in [0.29, 0.717) is 0 Å². The predicted octanol–water partition coefficient (Wildman–Crippen LogP) is -4.12. The van der Waals surface area contributed by atoms with Gasteiger partial charge in [0.25, 0.3) is 5.69 Å². The van der Waals surface area contributed by atoms with Gasteiger partial charge in [-0.2, -0.15) is 8.42 Å². The van der Waals surface area contributed by atoms with Crippen molar-refractivity contribution in [1.82, 2.24) is 0 Å². The number of aliphatic hydroxyl groups excluding tert-OH is 7. The lowest BCUT2D eigenvalue weighted by molar-refractivity contribution is -0.387. The fourth-order valence-corrected chi connectivity index (χ4v) is 4.48. The van der Waals surface area contributed by atoms with Crippen molar-refractivity contribution in [3.63, 3.8) is 0 Å². The summed E-state index contributed by atoms with van der Waals surface area (Å²) in [5.74, 6) is 0. The van der Waals surface area contributed by atoms with Crippen LogP contribution in [0.5, 0.6) is 0 Å². The van der Waals surface area contributed by atoms with Crippen LogP contribution in [-0.2, 0) is 24.3 Å². The number of aliphatic hydroxyl groups is 7. The summed E-state index contributed by atoms with van der Waals surface area (Å²) in [5, 5.41) is 83.8. The first kappa shape index (κ1) is 28.5. The molecule has 2 saturated heterocycles. The van der Waals surface area contributed by atoms with Crippen molar-refractivity contribution >= 4 is 21.5 Å². The molecule has 0 radical (unpaired) electrons. The molecular formula is C18H26N2O15S. The molecule has 18 heteroatoms. The van der Waals surface area contributed by atoms with E-state index in [0.717, 1.165) is 18.2 Å². The minimum atomic E-state index is -4.92. The highest BCUT2D eigenvalue weighted by atomic mass is 32.2. The average Bonchev–Trinajstić information content (AvgIpc) is 2.82. The van der Waals surface area contributed by atoms with Crippen LogP contribution in [0.3, 0.4) is 0 Å². The molecule has 9 N–H and O–H groups in total. The van der Waals surface area contributed by atoms with Crippen LogP contribution in [0.1, 0.15) is 0 Å². The van der Waals surface area contributed by atoms with Gasteiger partial charge >= 0.3 is 10.1 Å². The van der Waals surface area contributed by atoms with Crippen LogP contribution in [0.15, 0.2) is 23.1 Å². The van der Waals surface area contributed by atoms with Gasteiger partial charge in [0.15, 0.2) is 17.4 Å². The number of nitrogens with one attached hydrogen (secondary N) is 1. The van der Waals surface area contributed by atoms with Gasteiger partial charge in [-0.15, -0.1) is 0 Å². The summed E-state index contributed by atoms with van der Waals surface area (Å²) in [7, 11) is -4.92. The van der Waals surface area contributed by atoms with E-state index in [1.54, 1.807) is 0 Å². The Hall–Kier alpha value is -2.07. The lowest BCUT2D eigenvalue weighted by Crippen LogP contribution is -2.65. The molecule has 0 spiro atoms. The van der Waals surface area contributed by atoms with Crippen molar-refractivity contribution in [1.29, 1.82) is 0 Å². The van der Waals surface area contributed by atoms with Gasteiger partial charge in [0, 0.05) is 11.8 Å². The van der Waals surface area contributed by atoms with Crippen LogP contribution in [0.2, 0.25) is 0 Å². The van der Waals surface area contributed by atoms with Crippen LogP contribution in [-0.4, -0.2) is 128 Å². The largest absolute Gasteiger partial charge is 0.394 e. The summed E-state index contributed by atoms with van der Waals surface area (Å²) in [6.45, 7) is -1.57. The highest BCUT2D eigenvalue weighted by Crippen LogP contribution is 2.32. The number of hydrogen-bond donors (Lipinski definition) is 9. The van der Waals surface area contributed by atoms with Gasteiger partial charge in [0.2, 0.25) is 0 Å². The summed E-state index contributed by atoms with van der Waals surface area (Å²) in [5.41, 5.74) is -1.15. The topological polar surface area (TPSA) is 279 Å². The molecule has 2 fully saturated rings. The zero-order valence-electron chi connectivity index (χ0n) is 18.2. The molecule has 0 aromatic heterocycles. The molecule has 204 valence electrons. The van der Waals surface area contributed by atoms with Crippen LogP contribution in [0, 0.1) is 10.1 Å². The molecule has 2 aliphatic rings. The molecule has 0 aliphatic carbocycles. The second kappa shape index (κ2) is 11.1. The van der Waals surface area contributed by atoms with Gasteiger partial charge in [-0.05, 0) is 12.1 Å². The second-order valence-corrected chi connectivity index (χ2v) is 9.51. The summed E-state index contributed by atoms with van der Waals surface area (Å²) in [4.78, 5) is 9.18. The number of nitro benzene ring substituents is 1. The predicted molar refractivity (Wildman–Crippen MR) is 113 cm³/mol. The maximum atomic E-state index is 11.4. The van der Waals surface area contributed by atoms with Crippen molar-refractivity contribution in [3.05, 3.63) is 28.3 Å². The lowest BCUT2D eigenvalue weighted by atomic mass is 9.96. The number of rotatable bonds is 8. The molecule has 3 rings (SSSR count). The normalized spacial score (nSPS) is 37.4. The third-order valence-electron chi connectivity index (χ3n) is 5.75. The Morgan fingerprint density at radius 3 is 2.14 bits per heavy atom. The quantitative estimate of drug-likeness (QED) is 0.0856. The van der Waals surface area contributed by atoms with Crippen LogP contribution in [0.25, 0.3) is 0 Å². The second-order valence-electron chi connectivity index (χ2n) is 8.12. The Kier molecular flexibility index (Phi) is 8.81. The van der Waals surface area contributed by atoms with E-state index in [1.165, 1.54) is 0 Å². The van der Waals surface area contributed by atoms with E-state index in [4.69, 9.17) is 18.8 Å². The first-order chi connectivity index (χ1) is 16.8. The Morgan fingerprint density at radius 2 is 1.58 bits per heavy atom. The molecule has 0 saturated carbocycles. The van der Waals surface area contributed by atoms with E-state index in [-0.39, 0.29) is 5.69 Å². The Labute approximate surface area is 203 Å². The van der Waals surface area contributed by atoms with Crippen molar-refractivity contribution in [3.8, 4) is 0 Å². The van der Waals surface area contributed by atoms with Crippen molar-refractivity contribution in [2.24, 2.45) is 0 Å². The molecule has 0 amide bonds. The summed E-state index contributed by atoms with van der Waals surface area (Å²) >= 11 is 0. The first-order valence-electron chi connectivity index (χ1n) is 10.4. The summed E-state index contributed by atoms with van der Waals surface area (Å²) < 4.78 is 48.0. The fraction of sp³-hybridized carbons (Fsp3) is 0.667. The number of benzene rings is 1. The maximum Gasteiger partial charge on any atom is 0.301 e. The number of anilines is 1. The van der Waals surface area contributed by atoms with Gasteiger partial charge in [-0.3, -0.25) is 14.7 Å². The summed E-state index contributed by atoms with van der Waals surface area (Å²) in [6.07, 6.45) is -16.5. The van der Waals surface area contributed by atoms with Gasteiger partial charge in [0.1, 0.15) is 48.8 Å². The molecular weight excluding hydrogens is 516 g/mol. The van der Waals surface area contributed by atoms with Gasteiger partial charge in [-0.1, -0.05) is 0 Å². The summed E-state index contributed by atoms with van der Waals surface area (Å²) in [6, 6.07) is 2.48. The van der Waals surface area contributed by atoms with Gasteiger partial charge in [-0.25, -0.2) is 0 Å². The minimum Gasteiger partial charge on any atom is -0.394 e. The smallest absolute Gasteiger partial charge is 0.301 e. The van der Waals surface area contributed by atoms with E-state index >= 15 is 0 Å². The number of nitrogens with zero attached hydrogens (tertiary/aromatic N) is 1. The average molecular weight is 542 g/mol. The molecule has 1 aromatic carbocycles. The molecule has 10 unspecified atom stereocenters. The number of nitro groups is 1. The Morgan fingerprint density at radius 1 is 0.944 bits per heavy atom. The SMILES string of the molecule is O=[N+]([O-])c1cc(NC2OC(CO)C(OC3OC(CO)C(O)C(O)C3O)C(O)C2O)ccc1S(=O)(=O)O. The van der Waals surface area contributed by atoms with Gasteiger partial charge in [0.05, 0.1) is 18.1 Å². The third kappa shape index (κ3) is 5.74. The zero-order chi connectivity index (χ0) is 26.9. The standard InChI is InChI=1S/C18H26N2O15S/c21-4-8-11(23)12(24)15(27)18(34-8)35-16-9(5-22)33-17(14(26)13(16)25)19-6-1-2-10(36(30,31)32)7(3-6)20(28)29/h1-3,8-9,11-19,21-27H,4-5H2,(H,30,31,32).